The number of barbiturate groups is 1. The molecule has 0 unspecified atom stereocenters. The number of hydrogen-bond acceptors (Lipinski definition) is 6. The fourth-order valence-corrected chi connectivity index (χ4v) is 3.81. The van der Waals surface area contributed by atoms with Gasteiger partial charge in [0, 0.05) is 4.90 Å². The molecule has 1 aromatic heterocycles. The first-order valence-electron chi connectivity index (χ1n) is 9.53. The first-order valence-corrected chi connectivity index (χ1v) is 10.3. The molecule has 7 nitrogen and oxygen atoms in total. The summed E-state index contributed by atoms with van der Waals surface area (Å²) in [5, 5.41) is 2.81. The number of para-hydroxylation sites is 2. The molecule has 2 aromatic carbocycles. The highest BCUT2D eigenvalue weighted by Crippen LogP contribution is 2.32. The van der Waals surface area contributed by atoms with E-state index in [1.54, 1.807) is 43.3 Å². The number of ether oxygens (including phenoxy) is 1. The Morgan fingerprint density at radius 1 is 1.00 bits per heavy atom. The molecular weight excluding hydrogens is 416 g/mol. The summed E-state index contributed by atoms with van der Waals surface area (Å²) in [6, 6.07) is 18.9. The van der Waals surface area contributed by atoms with Crippen molar-refractivity contribution >= 4 is 41.4 Å². The van der Waals surface area contributed by atoms with E-state index in [4.69, 9.17) is 9.15 Å². The van der Waals surface area contributed by atoms with E-state index in [1.165, 1.54) is 17.8 Å². The fraction of sp³-hybridized carbons (Fsp3) is 0.0870. The normalized spacial score (nSPS) is 15.3. The number of imide groups is 2. The highest BCUT2D eigenvalue weighted by molar-refractivity contribution is 7.99. The molecule has 0 radical (unpaired) electrons. The lowest BCUT2D eigenvalue weighted by atomic mass is 10.1. The van der Waals surface area contributed by atoms with Gasteiger partial charge < -0.3 is 9.15 Å². The zero-order valence-corrected chi connectivity index (χ0v) is 17.3. The molecule has 1 fully saturated rings. The quantitative estimate of drug-likeness (QED) is 0.454. The standard InChI is InChI=1S/C23H18N2O5S/c1-2-29-19-11-7-6-10-18(19)25-22(27)17(21(26)24-23(25)28)14-15-12-13-20(30-15)31-16-8-4-3-5-9-16/h3-14H,2H2,1H3,(H,24,26,28)/b17-14+. The van der Waals surface area contributed by atoms with Crippen LogP contribution in [0.2, 0.25) is 0 Å². The second-order valence-electron chi connectivity index (χ2n) is 6.43. The van der Waals surface area contributed by atoms with E-state index in [1.807, 2.05) is 30.3 Å². The summed E-state index contributed by atoms with van der Waals surface area (Å²) in [5.41, 5.74) is 0.0431. The molecule has 0 bridgehead atoms. The van der Waals surface area contributed by atoms with Crippen LogP contribution in [0.5, 0.6) is 5.75 Å². The maximum atomic E-state index is 13.1. The minimum Gasteiger partial charge on any atom is -0.492 e. The number of benzene rings is 2. The van der Waals surface area contributed by atoms with Gasteiger partial charge in [-0.3, -0.25) is 14.9 Å². The first kappa shape index (κ1) is 20.5. The van der Waals surface area contributed by atoms with Crippen LogP contribution in [-0.2, 0) is 9.59 Å². The van der Waals surface area contributed by atoms with E-state index in [-0.39, 0.29) is 11.3 Å². The Labute approximate surface area is 182 Å². The van der Waals surface area contributed by atoms with E-state index in [2.05, 4.69) is 5.32 Å². The van der Waals surface area contributed by atoms with Crippen molar-refractivity contribution in [1.82, 2.24) is 5.32 Å². The third-order valence-electron chi connectivity index (χ3n) is 4.36. The van der Waals surface area contributed by atoms with Gasteiger partial charge in [0.15, 0.2) is 5.09 Å². The number of amides is 4. The topological polar surface area (TPSA) is 88.8 Å². The Bertz CT molecular complexity index is 1170. The lowest BCUT2D eigenvalue weighted by Crippen LogP contribution is -2.54. The lowest BCUT2D eigenvalue weighted by Gasteiger charge is -2.27. The molecule has 0 saturated carbocycles. The van der Waals surface area contributed by atoms with Crippen LogP contribution < -0.4 is 15.0 Å². The van der Waals surface area contributed by atoms with Crippen LogP contribution in [-0.4, -0.2) is 24.5 Å². The van der Waals surface area contributed by atoms with E-state index in [0.717, 1.165) is 9.80 Å². The van der Waals surface area contributed by atoms with Gasteiger partial charge in [0.2, 0.25) is 0 Å². The maximum absolute atomic E-state index is 13.1. The van der Waals surface area contributed by atoms with Crippen LogP contribution in [0, 0.1) is 0 Å². The summed E-state index contributed by atoms with van der Waals surface area (Å²) in [6.45, 7) is 2.15. The van der Waals surface area contributed by atoms with Crippen LogP contribution in [0.1, 0.15) is 12.7 Å². The number of rotatable bonds is 6. The summed E-state index contributed by atoms with van der Waals surface area (Å²) >= 11 is 1.41. The number of carbonyl (C=O) groups excluding carboxylic acids is 3. The number of hydrogen-bond donors (Lipinski definition) is 1. The van der Waals surface area contributed by atoms with Crippen molar-refractivity contribution in [2.75, 3.05) is 11.5 Å². The highest BCUT2D eigenvalue weighted by Gasteiger charge is 2.38. The molecule has 1 saturated heterocycles. The zero-order valence-electron chi connectivity index (χ0n) is 16.5. The van der Waals surface area contributed by atoms with Crippen LogP contribution in [0.3, 0.4) is 0 Å². The number of furan rings is 1. The zero-order chi connectivity index (χ0) is 21.8. The van der Waals surface area contributed by atoms with E-state index < -0.39 is 17.8 Å². The van der Waals surface area contributed by atoms with Crippen molar-refractivity contribution in [3.63, 3.8) is 0 Å². The molecule has 1 aliphatic heterocycles. The van der Waals surface area contributed by atoms with Crippen molar-refractivity contribution in [2.24, 2.45) is 0 Å². The van der Waals surface area contributed by atoms with Crippen LogP contribution in [0.15, 0.2) is 86.7 Å². The number of nitrogens with one attached hydrogen (secondary N) is 1. The molecule has 0 spiro atoms. The van der Waals surface area contributed by atoms with E-state index in [0.29, 0.717) is 23.2 Å². The molecular formula is C23H18N2O5S. The van der Waals surface area contributed by atoms with Gasteiger partial charge >= 0.3 is 6.03 Å². The van der Waals surface area contributed by atoms with Crippen molar-refractivity contribution < 1.29 is 23.5 Å². The molecule has 31 heavy (non-hydrogen) atoms. The van der Waals surface area contributed by atoms with Crippen molar-refractivity contribution in [2.45, 2.75) is 16.9 Å². The van der Waals surface area contributed by atoms with E-state index >= 15 is 0 Å². The molecule has 4 rings (SSSR count). The molecule has 156 valence electrons. The Morgan fingerprint density at radius 3 is 2.52 bits per heavy atom. The van der Waals surface area contributed by atoms with Gasteiger partial charge in [0.25, 0.3) is 11.8 Å². The molecule has 8 heteroatoms. The van der Waals surface area contributed by atoms with Crippen molar-refractivity contribution in [3.05, 3.63) is 78.1 Å². The number of nitrogens with zero attached hydrogens (tertiary/aromatic N) is 1. The van der Waals surface area contributed by atoms with Crippen LogP contribution >= 0.6 is 11.8 Å². The predicted molar refractivity (Wildman–Crippen MR) is 116 cm³/mol. The summed E-state index contributed by atoms with van der Waals surface area (Å²) in [7, 11) is 0. The number of anilines is 1. The third kappa shape index (κ3) is 4.39. The SMILES string of the molecule is CCOc1ccccc1N1C(=O)NC(=O)/C(=C\c2ccc(Sc3ccccc3)o2)C1=O. The summed E-state index contributed by atoms with van der Waals surface area (Å²) in [4.78, 5) is 39.8. The first-order chi connectivity index (χ1) is 15.1. The Morgan fingerprint density at radius 2 is 1.74 bits per heavy atom. The monoisotopic (exact) mass is 434 g/mol. The van der Waals surface area contributed by atoms with E-state index in [9.17, 15) is 14.4 Å². The Kier molecular flexibility index (Phi) is 5.90. The molecule has 0 aliphatic carbocycles. The predicted octanol–water partition coefficient (Wildman–Crippen LogP) is 4.50. The van der Waals surface area contributed by atoms with Crippen molar-refractivity contribution in [1.29, 1.82) is 0 Å². The fourth-order valence-electron chi connectivity index (χ4n) is 3.01. The summed E-state index contributed by atoms with van der Waals surface area (Å²) in [6.07, 6.45) is 1.33. The molecule has 1 N–H and O–H groups in total. The lowest BCUT2D eigenvalue weighted by molar-refractivity contribution is -0.122. The highest BCUT2D eigenvalue weighted by atomic mass is 32.2. The Balaban J connectivity index is 1.63. The second-order valence-corrected chi connectivity index (χ2v) is 7.51. The average molecular weight is 434 g/mol. The van der Waals surface area contributed by atoms with Gasteiger partial charge in [0.1, 0.15) is 17.1 Å². The number of urea groups is 1. The largest absolute Gasteiger partial charge is 0.492 e. The van der Waals surface area contributed by atoms with Crippen LogP contribution in [0.4, 0.5) is 10.5 Å². The molecule has 4 amide bonds. The van der Waals surface area contributed by atoms with Gasteiger partial charge in [-0.15, -0.1) is 0 Å². The Hall–Kier alpha value is -3.78. The minimum absolute atomic E-state index is 0.212. The molecule has 1 aliphatic rings. The molecule has 0 atom stereocenters. The third-order valence-corrected chi connectivity index (χ3v) is 5.29. The van der Waals surface area contributed by atoms with Gasteiger partial charge in [-0.25, -0.2) is 9.69 Å². The maximum Gasteiger partial charge on any atom is 0.336 e. The molecule has 2 heterocycles. The summed E-state index contributed by atoms with van der Waals surface area (Å²) in [5.74, 6) is -0.852. The van der Waals surface area contributed by atoms with Gasteiger partial charge in [0.05, 0.1) is 12.3 Å². The second kappa shape index (κ2) is 8.93. The van der Waals surface area contributed by atoms with Crippen LogP contribution in [0.25, 0.3) is 6.08 Å². The summed E-state index contributed by atoms with van der Waals surface area (Å²) < 4.78 is 11.3. The van der Waals surface area contributed by atoms with Gasteiger partial charge in [-0.05, 0) is 49.4 Å². The smallest absolute Gasteiger partial charge is 0.336 e. The molecule has 3 aromatic rings. The minimum atomic E-state index is -0.834. The van der Waals surface area contributed by atoms with Gasteiger partial charge in [-0.1, -0.05) is 42.1 Å². The van der Waals surface area contributed by atoms with Crippen molar-refractivity contribution in [3.8, 4) is 5.75 Å². The van der Waals surface area contributed by atoms with Gasteiger partial charge in [-0.2, -0.15) is 0 Å². The average Bonchev–Trinajstić information content (AvgIpc) is 3.20. The number of carbonyl (C=O) groups is 3.